The van der Waals surface area contributed by atoms with E-state index in [1.807, 2.05) is 18.2 Å². The standard InChI is InChI=1S/C14H14N2O4/c1-20-12-5-3-2-4-10(12)11-6-7-13(17)16(15-11)9-8-14(18)19/h2-7H,8-9H2,1H3,(H,18,19). The summed E-state index contributed by atoms with van der Waals surface area (Å²) in [6, 6.07) is 10.3. The molecule has 0 aliphatic heterocycles. The molecule has 104 valence electrons. The maximum absolute atomic E-state index is 11.6. The van der Waals surface area contributed by atoms with E-state index in [9.17, 15) is 9.59 Å². The van der Waals surface area contributed by atoms with E-state index in [1.165, 1.54) is 6.07 Å². The Bertz CT molecular complexity index is 679. The number of aryl methyl sites for hydroxylation is 1. The Morgan fingerprint density at radius 3 is 2.75 bits per heavy atom. The van der Waals surface area contributed by atoms with Crippen molar-refractivity contribution in [1.29, 1.82) is 0 Å². The third-order valence-corrected chi connectivity index (χ3v) is 2.79. The molecular weight excluding hydrogens is 260 g/mol. The lowest BCUT2D eigenvalue weighted by Gasteiger charge is -2.09. The van der Waals surface area contributed by atoms with Crippen LogP contribution in [0.3, 0.4) is 0 Å². The van der Waals surface area contributed by atoms with Crippen molar-refractivity contribution in [3.05, 3.63) is 46.8 Å². The summed E-state index contributed by atoms with van der Waals surface area (Å²) in [6.45, 7) is 0.0388. The van der Waals surface area contributed by atoms with Gasteiger partial charge in [-0.15, -0.1) is 0 Å². The first-order chi connectivity index (χ1) is 9.61. The summed E-state index contributed by atoms with van der Waals surface area (Å²) < 4.78 is 6.40. The van der Waals surface area contributed by atoms with E-state index in [0.29, 0.717) is 11.4 Å². The second kappa shape index (κ2) is 6.01. The van der Waals surface area contributed by atoms with Gasteiger partial charge >= 0.3 is 5.97 Å². The van der Waals surface area contributed by atoms with Crippen molar-refractivity contribution in [1.82, 2.24) is 9.78 Å². The van der Waals surface area contributed by atoms with Crippen LogP contribution in [-0.4, -0.2) is 28.0 Å². The minimum atomic E-state index is -0.971. The summed E-state index contributed by atoms with van der Waals surface area (Å²) in [7, 11) is 1.55. The van der Waals surface area contributed by atoms with E-state index in [4.69, 9.17) is 9.84 Å². The maximum atomic E-state index is 11.6. The topological polar surface area (TPSA) is 81.4 Å². The van der Waals surface area contributed by atoms with Gasteiger partial charge in [0, 0.05) is 11.6 Å². The van der Waals surface area contributed by atoms with E-state index in [-0.39, 0.29) is 18.5 Å². The van der Waals surface area contributed by atoms with Gasteiger partial charge in [-0.05, 0) is 18.2 Å². The van der Waals surface area contributed by atoms with Gasteiger partial charge in [0.05, 0.1) is 25.8 Å². The van der Waals surface area contributed by atoms with Crippen LogP contribution < -0.4 is 10.3 Å². The highest BCUT2D eigenvalue weighted by Crippen LogP contribution is 2.26. The largest absolute Gasteiger partial charge is 0.496 e. The smallest absolute Gasteiger partial charge is 0.305 e. The molecule has 2 rings (SSSR count). The molecule has 0 unspecified atom stereocenters. The van der Waals surface area contributed by atoms with E-state index < -0.39 is 5.97 Å². The van der Waals surface area contributed by atoms with Crippen LogP contribution in [0.2, 0.25) is 0 Å². The molecule has 0 aliphatic carbocycles. The molecule has 0 amide bonds. The Labute approximate surface area is 115 Å². The first-order valence-corrected chi connectivity index (χ1v) is 6.05. The van der Waals surface area contributed by atoms with Crippen molar-refractivity contribution in [2.24, 2.45) is 0 Å². The third-order valence-electron chi connectivity index (χ3n) is 2.79. The van der Waals surface area contributed by atoms with E-state index in [0.717, 1.165) is 10.2 Å². The minimum Gasteiger partial charge on any atom is -0.496 e. The lowest BCUT2D eigenvalue weighted by atomic mass is 10.1. The van der Waals surface area contributed by atoms with E-state index in [1.54, 1.807) is 19.2 Å². The summed E-state index contributed by atoms with van der Waals surface area (Å²) in [5.41, 5.74) is 0.983. The minimum absolute atomic E-state index is 0.0388. The number of aromatic nitrogens is 2. The van der Waals surface area contributed by atoms with Crippen molar-refractivity contribution in [3.63, 3.8) is 0 Å². The summed E-state index contributed by atoms with van der Waals surface area (Å²) in [4.78, 5) is 22.2. The van der Waals surface area contributed by atoms with Crippen LogP contribution in [0, 0.1) is 0 Å². The Hall–Kier alpha value is -2.63. The molecule has 0 radical (unpaired) electrons. The molecule has 6 nitrogen and oxygen atoms in total. The number of carboxylic acids is 1. The molecule has 1 aromatic carbocycles. The molecule has 0 fully saturated rings. The van der Waals surface area contributed by atoms with Gasteiger partial charge in [0.15, 0.2) is 0 Å². The number of hydrogen-bond donors (Lipinski definition) is 1. The highest BCUT2D eigenvalue weighted by atomic mass is 16.5. The fourth-order valence-electron chi connectivity index (χ4n) is 1.81. The van der Waals surface area contributed by atoms with Gasteiger partial charge in [0.1, 0.15) is 5.75 Å². The molecule has 20 heavy (non-hydrogen) atoms. The number of para-hydroxylation sites is 1. The highest BCUT2D eigenvalue weighted by molar-refractivity contribution is 5.67. The van der Waals surface area contributed by atoms with Gasteiger partial charge in [-0.2, -0.15) is 5.10 Å². The molecule has 0 saturated carbocycles. The second-order valence-electron chi connectivity index (χ2n) is 4.12. The van der Waals surface area contributed by atoms with Crippen molar-refractivity contribution < 1.29 is 14.6 Å². The number of carbonyl (C=O) groups is 1. The highest BCUT2D eigenvalue weighted by Gasteiger charge is 2.09. The third kappa shape index (κ3) is 3.03. The van der Waals surface area contributed by atoms with E-state index in [2.05, 4.69) is 5.10 Å². The van der Waals surface area contributed by atoms with Gasteiger partial charge < -0.3 is 9.84 Å². The van der Waals surface area contributed by atoms with Crippen molar-refractivity contribution in [3.8, 4) is 17.0 Å². The van der Waals surface area contributed by atoms with Crippen LogP contribution in [0.4, 0.5) is 0 Å². The summed E-state index contributed by atoms with van der Waals surface area (Å²) in [6.07, 6.45) is -0.151. The van der Waals surface area contributed by atoms with Gasteiger partial charge in [0.2, 0.25) is 0 Å². The van der Waals surface area contributed by atoms with Crippen LogP contribution in [0.5, 0.6) is 5.75 Å². The Morgan fingerprint density at radius 1 is 1.30 bits per heavy atom. The number of benzene rings is 1. The van der Waals surface area contributed by atoms with Crippen molar-refractivity contribution in [2.45, 2.75) is 13.0 Å². The Morgan fingerprint density at radius 2 is 2.05 bits per heavy atom. The lowest BCUT2D eigenvalue weighted by Crippen LogP contribution is -2.23. The molecular formula is C14H14N2O4. The van der Waals surface area contributed by atoms with Crippen LogP contribution in [-0.2, 0) is 11.3 Å². The quantitative estimate of drug-likeness (QED) is 0.891. The van der Waals surface area contributed by atoms with Crippen molar-refractivity contribution >= 4 is 5.97 Å². The van der Waals surface area contributed by atoms with Gasteiger partial charge in [-0.25, -0.2) is 4.68 Å². The summed E-state index contributed by atoms with van der Waals surface area (Å²) >= 11 is 0. The predicted molar refractivity (Wildman–Crippen MR) is 72.7 cm³/mol. The second-order valence-corrected chi connectivity index (χ2v) is 4.12. The molecule has 6 heteroatoms. The maximum Gasteiger partial charge on any atom is 0.305 e. The Kier molecular flexibility index (Phi) is 4.14. The number of rotatable bonds is 5. The first-order valence-electron chi connectivity index (χ1n) is 6.05. The lowest BCUT2D eigenvalue weighted by molar-refractivity contribution is -0.137. The molecule has 0 bridgehead atoms. The number of methoxy groups -OCH3 is 1. The van der Waals surface area contributed by atoms with Gasteiger partial charge in [-0.3, -0.25) is 9.59 Å². The number of nitrogens with zero attached hydrogens (tertiary/aromatic N) is 2. The average Bonchev–Trinajstić information content (AvgIpc) is 2.46. The number of hydrogen-bond acceptors (Lipinski definition) is 4. The molecule has 2 aromatic rings. The molecule has 0 spiro atoms. The summed E-state index contributed by atoms with van der Waals surface area (Å²) in [5.74, 6) is -0.329. The number of carboxylic acid groups (broad SMARTS) is 1. The normalized spacial score (nSPS) is 10.2. The molecule has 0 saturated heterocycles. The van der Waals surface area contributed by atoms with Crippen LogP contribution in [0.15, 0.2) is 41.2 Å². The fraction of sp³-hybridized carbons (Fsp3) is 0.214. The van der Waals surface area contributed by atoms with Crippen LogP contribution in [0.1, 0.15) is 6.42 Å². The molecule has 1 aromatic heterocycles. The zero-order valence-electron chi connectivity index (χ0n) is 10.9. The van der Waals surface area contributed by atoms with Crippen LogP contribution in [0.25, 0.3) is 11.3 Å². The number of ether oxygens (including phenoxy) is 1. The van der Waals surface area contributed by atoms with Gasteiger partial charge in [-0.1, -0.05) is 12.1 Å². The Balaban J connectivity index is 2.40. The summed E-state index contributed by atoms with van der Waals surface area (Å²) in [5, 5.41) is 12.9. The SMILES string of the molecule is COc1ccccc1-c1ccc(=O)n(CCC(=O)O)n1. The molecule has 0 atom stereocenters. The molecule has 0 aliphatic rings. The molecule has 1 heterocycles. The van der Waals surface area contributed by atoms with Crippen LogP contribution >= 0.6 is 0 Å². The monoisotopic (exact) mass is 274 g/mol. The predicted octanol–water partition coefficient (Wildman–Crippen LogP) is 1.39. The number of aliphatic carboxylic acids is 1. The zero-order valence-corrected chi connectivity index (χ0v) is 10.9. The van der Waals surface area contributed by atoms with Crippen molar-refractivity contribution in [2.75, 3.05) is 7.11 Å². The average molecular weight is 274 g/mol. The molecule has 1 N–H and O–H groups in total. The fourth-order valence-corrected chi connectivity index (χ4v) is 1.81. The van der Waals surface area contributed by atoms with Gasteiger partial charge in [0.25, 0.3) is 5.56 Å². The zero-order chi connectivity index (χ0) is 14.5. The first kappa shape index (κ1) is 13.8. The van der Waals surface area contributed by atoms with E-state index >= 15 is 0 Å².